The second kappa shape index (κ2) is 11.6. The van der Waals surface area contributed by atoms with Crippen molar-refractivity contribution in [2.45, 2.75) is 0 Å². The molecule has 0 saturated heterocycles. The van der Waals surface area contributed by atoms with Crippen LogP contribution in [0.4, 0.5) is 0 Å². The molecule has 12 N–H and O–H groups in total. The van der Waals surface area contributed by atoms with Gasteiger partial charge in [-0.25, -0.2) is 0 Å². The monoisotopic (exact) mass is 348 g/mol. The third kappa shape index (κ3) is 9.11. The van der Waals surface area contributed by atoms with Gasteiger partial charge in [-0.05, 0) is 0 Å². The molecule has 0 fully saturated rings. The number of nitrogens with two attached hydrogens (primary N) is 4. The minimum Gasteiger partial charge on any atom is -0.409 e. The maximum Gasteiger partial charge on any atom is 0.153 e. The van der Waals surface area contributed by atoms with Gasteiger partial charge in [-0.3, -0.25) is 9.80 Å². The molecule has 0 radical (unpaired) electrons. The van der Waals surface area contributed by atoms with Crippen LogP contribution in [0, 0.1) is 0 Å². The lowest BCUT2D eigenvalue weighted by Crippen LogP contribution is -2.47. The third-order valence-corrected chi connectivity index (χ3v) is 2.79. The Hall–Kier alpha value is -3.00. The van der Waals surface area contributed by atoms with E-state index in [2.05, 4.69) is 20.6 Å². The molecule has 0 unspecified atom stereocenters. The molecule has 0 aliphatic rings. The molecule has 0 amide bonds. The fraction of sp³-hybridized carbons (Fsp3) is 0.600. The van der Waals surface area contributed by atoms with Crippen molar-refractivity contribution in [2.75, 3.05) is 39.3 Å². The van der Waals surface area contributed by atoms with Crippen molar-refractivity contribution < 1.29 is 20.8 Å². The number of rotatable bonds is 11. The van der Waals surface area contributed by atoms with E-state index in [1.54, 1.807) is 9.80 Å². The average molecular weight is 348 g/mol. The standard InChI is InChI=1S/C10H24N10O4/c11-7(15-21)3-19(4-8(12)16-22)1-2-20(5-9(13)17-23)6-10(14)18-24/h21-24H,1-6H2,(H2,11,15)(H2,12,16)(H2,13,17)(H2,14,18). The van der Waals surface area contributed by atoms with Crippen LogP contribution in [0.5, 0.6) is 0 Å². The van der Waals surface area contributed by atoms with E-state index in [1.165, 1.54) is 0 Å². The van der Waals surface area contributed by atoms with Crippen LogP contribution in [-0.2, 0) is 0 Å². The second-order valence-corrected chi connectivity index (χ2v) is 4.79. The maximum atomic E-state index is 8.65. The van der Waals surface area contributed by atoms with E-state index in [1.807, 2.05) is 0 Å². The van der Waals surface area contributed by atoms with Gasteiger partial charge in [0.25, 0.3) is 0 Å². The molecule has 0 bridgehead atoms. The Bertz CT molecular complexity index is 408. The Labute approximate surface area is 137 Å². The molecular weight excluding hydrogens is 324 g/mol. The van der Waals surface area contributed by atoms with Gasteiger partial charge < -0.3 is 43.8 Å². The SMILES string of the molecule is N/C(CN(CCN(C/C(N)=N\O)C/C(N)=N\O)C/C(N)=N\O)=N\O. The zero-order valence-electron chi connectivity index (χ0n) is 13.0. The van der Waals surface area contributed by atoms with Crippen molar-refractivity contribution in [1.29, 1.82) is 0 Å². The minimum atomic E-state index is -0.0693. The number of hydrogen-bond donors (Lipinski definition) is 8. The van der Waals surface area contributed by atoms with Gasteiger partial charge in [-0.1, -0.05) is 20.6 Å². The van der Waals surface area contributed by atoms with Gasteiger partial charge in [0, 0.05) is 13.1 Å². The molecule has 14 nitrogen and oxygen atoms in total. The van der Waals surface area contributed by atoms with Crippen LogP contribution in [-0.4, -0.2) is 93.2 Å². The van der Waals surface area contributed by atoms with Gasteiger partial charge in [0.15, 0.2) is 23.3 Å². The fourth-order valence-corrected chi connectivity index (χ4v) is 1.75. The normalized spacial score (nSPS) is 14.6. The third-order valence-electron chi connectivity index (χ3n) is 2.79. The number of oxime groups is 4. The number of amidine groups is 4. The molecule has 0 saturated carbocycles. The summed E-state index contributed by atoms with van der Waals surface area (Å²) < 4.78 is 0. The summed E-state index contributed by atoms with van der Waals surface area (Å²) in [5, 5.41) is 46.0. The maximum absolute atomic E-state index is 8.65. The fourth-order valence-electron chi connectivity index (χ4n) is 1.75. The van der Waals surface area contributed by atoms with Gasteiger partial charge in [0.1, 0.15) is 0 Å². The van der Waals surface area contributed by atoms with Crippen molar-refractivity contribution >= 4 is 23.3 Å². The molecular formula is C10H24N10O4. The molecule has 0 heterocycles. The minimum absolute atomic E-state index is 0.0493. The summed E-state index contributed by atoms with van der Waals surface area (Å²) >= 11 is 0. The highest BCUT2D eigenvalue weighted by atomic mass is 16.4. The van der Waals surface area contributed by atoms with Gasteiger partial charge in [0.05, 0.1) is 26.2 Å². The van der Waals surface area contributed by atoms with Crippen LogP contribution in [0.15, 0.2) is 20.6 Å². The summed E-state index contributed by atoms with van der Waals surface area (Å²) in [5.74, 6) is -0.277. The van der Waals surface area contributed by atoms with E-state index in [-0.39, 0.29) is 49.5 Å². The summed E-state index contributed by atoms with van der Waals surface area (Å²) in [6.07, 6.45) is 0. The summed E-state index contributed by atoms with van der Waals surface area (Å²) in [7, 11) is 0. The summed E-state index contributed by atoms with van der Waals surface area (Å²) in [5.41, 5.74) is 21.8. The first-order valence-electron chi connectivity index (χ1n) is 6.66. The largest absolute Gasteiger partial charge is 0.409 e. The molecule has 0 aliphatic carbocycles. The van der Waals surface area contributed by atoms with Gasteiger partial charge in [0.2, 0.25) is 0 Å². The summed E-state index contributed by atoms with van der Waals surface area (Å²) in [6.45, 7) is 0.816. The smallest absolute Gasteiger partial charge is 0.153 e. The summed E-state index contributed by atoms with van der Waals surface area (Å²) in [4.78, 5) is 3.24. The molecule has 24 heavy (non-hydrogen) atoms. The molecule has 0 aliphatic heterocycles. The predicted molar refractivity (Wildman–Crippen MR) is 86.5 cm³/mol. The van der Waals surface area contributed by atoms with Crippen molar-refractivity contribution in [3.05, 3.63) is 0 Å². The zero-order chi connectivity index (χ0) is 18.5. The molecule has 0 aromatic heterocycles. The van der Waals surface area contributed by atoms with E-state index in [9.17, 15) is 0 Å². The van der Waals surface area contributed by atoms with E-state index in [0.29, 0.717) is 13.1 Å². The summed E-state index contributed by atoms with van der Waals surface area (Å²) in [6, 6.07) is 0. The van der Waals surface area contributed by atoms with Crippen LogP contribution < -0.4 is 22.9 Å². The van der Waals surface area contributed by atoms with E-state index < -0.39 is 0 Å². The zero-order valence-corrected chi connectivity index (χ0v) is 13.0. The van der Waals surface area contributed by atoms with Crippen LogP contribution >= 0.6 is 0 Å². The van der Waals surface area contributed by atoms with Gasteiger partial charge in [-0.15, -0.1) is 0 Å². The van der Waals surface area contributed by atoms with Crippen molar-refractivity contribution in [1.82, 2.24) is 9.80 Å². The Balaban J connectivity index is 4.92. The van der Waals surface area contributed by atoms with Gasteiger partial charge >= 0.3 is 0 Å². The van der Waals surface area contributed by atoms with E-state index >= 15 is 0 Å². The second-order valence-electron chi connectivity index (χ2n) is 4.79. The molecule has 0 atom stereocenters. The topological polar surface area (TPSA) is 241 Å². The molecule has 14 heteroatoms. The Morgan fingerprint density at radius 3 is 0.917 bits per heavy atom. The van der Waals surface area contributed by atoms with Crippen LogP contribution in [0.1, 0.15) is 0 Å². The lowest BCUT2D eigenvalue weighted by molar-refractivity contribution is 0.254. The van der Waals surface area contributed by atoms with Crippen LogP contribution in [0.2, 0.25) is 0 Å². The quantitative estimate of drug-likeness (QED) is 0.0794. The first-order valence-corrected chi connectivity index (χ1v) is 6.66. The number of nitrogens with zero attached hydrogens (tertiary/aromatic N) is 6. The molecule has 0 aromatic rings. The number of hydrogen-bond acceptors (Lipinski definition) is 10. The molecule has 138 valence electrons. The molecule has 0 rings (SSSR count). The van der Waals surface area contributed by atoms with E-state index in [0.717, 1.165) is 0 Å². The van der Waals surface area contributed by atoms with E-state index in [4.69, 9.17) is 43.8 Å². The highest BCUT2D eigenvalue weighted by molar-refractivity contribution is 5.85. The lowest BCUT2D eigenvalue weighted by atomic mass is 10.3. The first kappa shape index (κ1) is 21.0. The average Bonchev–Trinajstić information content (AvgIpc) is 2.58. The highest BCUT2D eigenvalue weighted by Gasteiger charge is 2.15. The lowest BCUT2D eigenvalue weighted by Gasteiger charge is -2.26. The van der Waals surface area contributed by atoms with Crippen molar-refractivity contribution in [3.63, 3.8) is 0 Å². The first-order chi connectivity index (χ1) is 11.4. The molecule has 0 aromatic carbocycles. The highest BCUT2D eigenvalue weighted by Crippen LogP contribution is 1.94. The predicted octanol–water partition coefficient (Wildman–Crippen LogP) is -3.42. The molecule has 0 spiro atoms. The van der Waals surface area contributed by atoms with Crippen molar-refractivity contribution in [2.24, 2.45) is 43.6 Å². The van der Waals surface area contributed by atoms with Crippen molar-refractivity contribution in [3.8, 4) is 0 Å². The van der Waals surface area contributed by atoms with Gasteiger partial charge in [-0.2, -0.15) is 0 Å². The Morgan fingerprint density at radius 1 is 0.542 bits per heavy atom. The van der Waals surface area contributed by atoms with Crippen LogP contribution in [0.25, 0.3) is 0 Å². The Morgan fingerprint density at radius 2 is 0.750 bits per heavy atom. The Kier molecular flexibility index (Phi) is 10.1. The van der Waals surface area contributed by atoms with Crippen LogP contribution in [0.3, 0.4) is 0 Å².